The number of carbonyl (C=O) groups is 1. The van der Waals surface area contributed by atoms with E-state index >= 15 is 0 Å². The van der Waals surface area contributed by atoms with Crippen LogP contribution in [-0.2, 0) is 11.3 Å². The molecular formula is C11H15Cl2N3O. The van der Waals surface area contributed by atoms with Crippen LogP contribution in [0.4, 0.5) is 5.82 Å². The number of amides is 1. The van der Waals surface area contributed by atoms with Crippen molar-refractivity contribution < 1.29 is 4.79 Å². The van der Waals surface area contributed by atoms with Crippen LogP contribution in [0.15, 0.2) is 12.3 Å². The summed E-state index contributed by atoms with van der Waals surface area (Å²) in [4.78, 5) is 12.0. The molecule has 1 aliphatic rings. The third-order valence-corrected chi connectivity index (χ3v) is 4.25. The number of hydrogen-bond acceptors (Lipinski definition) is 2. The first-order valence-electron chi connectivity index (χ1n) is 5.62. The van der Waals surface area contributed by atoms with Crippen molar-refractivity contribution in [3.05, 3.63) is 12.3 Å². The Bertz CT molecular complexity index is 444. The van der Waals surface area contributed by atoms with Gasteiger partial charge in [0.05, 0.1) is 11.6 Å². The smallest absolute Gasteiger partial charge is 0.234 e. The molecule has 1 aromatic rings. The first-order chi connectivity index (χ1) is 7.90. The van der Waals surface area contributed by atoms with Crippen LogP contribution in [0.5, 0.6) is 0 Å². The van der Waals surface area contributed by atoms with Crippen LogP contribution < -0.4 is 5.32 Å². The molecule has 94 valence electrons. The van der Waals surface area contributed by atoms with Gasteiger partial charge in [-0.3, -0.25) is 4.79 Å². The zero-order chi connectivity index (χ0) is 12.7. The largest absolute Gasteiger partial charge is 0.310 e. The van der Waals surface area contributed by atoms with Gasteiger partial charge in [0.2, 0.25) is 5.91 Å². The second kappa shape index (κ2) is 4.18. The van der Waals surface area contributed by atoms with Crippen molar-refractivity contribution in [2.45, 2.75) is 37.6 Å². The molecule has 0 spiro atoms. The van der Waals surface area contributed by atoms with E-state index in [2.05, 4.69) is 17.3 Å². The Morgan fingerprint density at radius 1 is 1.65 bits per heavy atom. The third kappa shape index (κ3) is 2.16. The van der Waals surface area contributed by atoms with E-state index in [-0.39, 0.29) is 5.91 Å². The molecule has 2 rings (SSSR count). The quantitative estimate of drug-likeness (QED) is 0.859. The number of carbonyl (C=O) groups excluding carboxylic acids is 1. The van der Waals surface area contributed by atoms with Crippen LogP contribution in [-0.4, -0.2) is 20.0 Å². The maximum absolute atomic E-state index is 12.0. The van der Waals surface area contributed by atoms with Gasteiger partial charge in [0, 0.05) is 12.6 Å². The summed E-state index contributed by atoms with van der Waals surface area (Å²) in [6, 6.07) is 1.77. The normalized spacial score (nSPS) is 25.6. The Kier molecular flexibility index (Phi) is 3.12. The summed E-state index contributed by atoms with van der Waals surface area (Å²) in [6.45, 7) is 4.59. The summed E-state index contributed by atoms with van der Waals surface area (Å²) in [5.74, 6) is 0.537. The van der Waals surface area contributed by atoms with E-state index in [0.717, 1.165) is 13.0 Å². The SMILES string of the molecule is CCCn1nccc1NC(=O)C1(C)CC1(Cl)Cl. The van der Waals surface area contributed by atoms with Crippen molar-refractivity contribution >= 4 is 34.9 Å². The predicted molar refractivity (Wildman–Crippen MR) is 68.3 cm³/mol. The van der Waals surface area contributed by atoms with Crippen molar-refractivity contribution in [1.29, 1.82) is 0 Å². The molecule has 1 amide bonds. The molecule has 0 radical (unpaired) electrons. The highest BCUT2D eigenvalue weighted by atomic mass is 35.5. The number of halogens is 2. The molecule has 1 fully saturated rings. The summed E-state index contributed by atoms with van der Waals surface area (Å²) >= 11 is 11.9. The highest BCUT2D eigenvalue weighted by Gasteiger charge is 2.68. The van der Waals surface area contributed by atoms with E-state index in [1.165, 1.54) is 0 Å². The van der Waals surface area contributed by atoms with Crippen LogP contribution in [0.1, 0.15) is 26.7 Å². The summed E-state index contributed by atoms with van der Waals surface area (Å²) in [5.41, 5.74) is -0.697. The second-order valence-corrected chi connectivity index (χ2v) is 6.09. The van der Waals surface area contributed by atoms with Gasteiger partial charge in [-0.25, -0.2) is 4.68 Å². The zero-order valence-corrected chi connectivity index (χ0v) is 11.3. The lowest BCUT2D eigenvalue weighted by molar-refractivity contribution is -0.120. The van der Waals surface area contributed by atoms with E-state index in [4.69, 9.17) is 23.2 Å². The molecule has 1 aliphatic carbocycles. The average molecular weight is 276 g/mol. The maximum Gasteiger partial charge on any atom is 0.234 e. The minimum Gasteiger partial charge on any atom is -0.310 e. The molecule has 0 saturated heterocycles. The van der Waals surface area contributed by atoms with Gasteiger partial charge in [-0.15, -0.1) is 23.2 Å². The lowest BCUT2D eigenvalue weighted by atomic mass is 10.1. The number of hydrogen-bond donors (Lipinski definition) is 1. The summed E-state index contributed by atoms with van der Waals surface area (Å²) < 4.78 is 0.820. The Labute approximate surface area is 110 Å². The van der Waals surface area contributed by atoms with Crippen LogP contribution in [0.3, 0.4) is 0 Å². The number of nitrogens with zero attached hydrogens (tertiary/aromatic N) is 2. The Morgan fingerprint density at radius 2 is 2.29 bits per heavy atom. The monoisotopic (exact) mass is 275 g/mol. The van der Waals surface area contributed by atoms with Gasteiger partial charge in [0.1, 0.15) is 10.2 Å². The van der Waals surface area contributed by atoms with E-state index in [9.17, 15) is 4.79 Å². The molecule has 1 aromatic heterocycles. The van der Waals surface area contributed by atoms with Crippen molar-refractivity contribution in [3.8, 4) is 0 Å². The fraction of sp³-hybridized carbons (Fsp3) is 0.636. The second-order valence-electron chi connectivity index (χ2n) is 4.61. The molecule has 4 nitrogen and oxygen atoms in total. The van der Waals surface area contributed by atoms with Crippen molar-refractivity contribution in [3.63, 3.8) is 0 Å². The zero-order valence-electron chi connectivity index (χ0n) is 9.83. The van der Waals surface area contributed by atoms with E-state index in [1.54, 1.807) is 23.9 Å². The Morgan fingerprint density at radius 3 is 2.82 bits per heavy atom. The van der Waals surface area contributed by atoms with Gasteiger partial charge in [-0.2, -0.15) is 5.10 Å². The Hall–Kier alpha value is -0.740. The van der Waals surface area contributed by atoms with Crippen LogP contribution in [0, 0.1) is 5.41 Å². The molecule has 1 atom stereocenters. The first-order valence-corrected chi connectivity index (χ1v) is 6.37. The standard InChI is InChI=1S/C11H15Cl2N3O/c1-3-6-16-8(4-5-14-16)15-9(17)10(2)7-11(10,12)13/h4-5H,3,6-7H2,1-2H3,(H,15,17). The third-order valence-electron chi connectivity index (χ3n) is 3.15. The van der Waals surface area contributed by atoms with Crippen molar-refractivity contribution in [2.75, 3.05) is 5.32 Å². The van der Waals surface area contributed by atoms with Gasteiger partial charge in [0.15, 0.2) is 0 Å². The average Bonchev–Trinajstić information content (AvgIpc) is 2.60. The maximum atomic E-state index is 12.0. The van der Waals surface area contributed by atoms with E-state index < -0.39 is 9.75 Å². The van der Waals surface area contributed by atoms with Gasteiger partial charge < -0.3 is 5.32 Å². The number of aryl methyl sites for hydroxylation is 1. The molecule has 17 heavy (non-hydrogen) atoms. The fourth-order valence-electron chi connectivity index (χ4n) is 1.73. The van der Waals surface area contributed by atoms with Crippen LogP contribution in [0.2, 0.25) is 0 Å². The summed E-state index contributed by atoms with van der Waals surface area (Å²) in [5, 5.41) is 6.96. The van der Waals surface area contributed by atoms with Gasteiger partial charge >= 0.3 is 0 Å². The highest BCUT2D eigenvalue weighted by Crippen LogP contribution is 2.64. The number of anilines is 1. The molecule has 0 bridgehead atoms. The van der Waals surface area contributed by atoms with Crippen LogP contribution >= 0.6 is 23.2 Å². The molecule has 0 aromatic carbocycles. The first kappa shape index (κ1) is 12.7. The molecular weight excluding hydrogens is 261 g/mol. The lowest BCUT2D eigenvalue weighted by Crippen LogP contribution is -2.27. The Balaban J connectivity index is 2.07. The molecule has 6 heteroatoms. The number of alkyl halides is 2. The van der Waals surface area contributed by atoms with Gasteiger partial charge in [0.25, 0.3) is 0 Å². The topological polar surface area (TPSA) is 46.9 Å². The highest BCUT2D eigenvalue weighted by molar-refractivity contribution is 6.53. The number of nitrogens with one attached hydrogen (secondary N) is 1. The summed E-state index contributed by atoms with van der Waals surface area (Å²) in [7, 11) is 0. The predicted octanol–water partition coefficient (Wildman–Crippen LogP) is 2.82. The van der Waals surface area contributed by atoms with Gasteiger partial charge in [-0.05, 0) is 19.8 Å². The summed E-state index contributed by atoms with van der Waals surface area (Å²) in [6.07, 6.45) is 3.10. The lowest BCUT2D eigenvalue weighted by Gasteiger charge is -2.13. The molecule has 0 aliphatic heterocycles. The minimum atomic E-state index is -0.938. The molecule has 1 saturated carbocycles. The van der Waals surface area contributed by atoms with Crippen LogP contribution in [0.25, 0.3) is 0 Å². The van der Waals surface area contributed by atoms with E-state index in [1.807, 2.05) is 0 Å². The van der Waals surface area contributed by atoms with E-state index in [0.29, 0.717) is 12.2 Å². The van der Waals surface area contributed by atoms with Crippen molar-refractivity contribution in [1.82, 2.24) is 9.78 Å². The minimum absolute atomic E-state index is 0.152. The molecule has 1 heterocycles. The molecule has 1 N–H and O–H groups in total. The molecule has 1 unspecified atom stereocenters. The number of aromatic nitrogens is 2. The number of rotatable bonds is 4. The van der Waals surface area contributed by atoms with Crippen molar-refractivity contribution in [2.24, 2.45) is 5.41 Å². The fourth-order valence-corrected chi connectivity index (χ4v) is 2.44. The van der Waals surface area contributed by atoms with Gasteiger partial charge in [-0.1, -0.05) is 6.92 Å².